The van der Waals surface area contributed by atoms with Crippen LogP contribution in [-0.4, -0.2) is 83.7 Å². The number of esters is 2. The van der Waals surface area contributed by atoms with Crippen LogP contribution in [0.25, 0.3) is 0 Å². The summed E-state index contributed by atoms with van der Waals surface area (Å²) in [7, 11) is 2.06. The second-order valence-corrected chi connectivity index (χ2v) is 21.5. The van der Waals surface area contributed by atoms with Crippen molar-refractivity contribution in [3.8, 4) is 0 Å². The van der Waals surface area contributed by atoms with Crippen molar-refractivity contribution < 1.29 is 33.8 Å². The molecule has 0 aromatic carbocycles. The van der Waals surface area contributed by atoms with Crippen LogP contribution >= 0.6 is 0 Å². The minimum atomic E-state index is -0.748. The van der Waals surface area contributed by atoms with Gasteiger partial charge >= 0.3 is 17.9 Å². The summed E-state index contributed by atoms with van der Waals surface area (Å²) in [6.07, 6.45) is 47.7. The second-order valence-electron chi connectivity index (χ2n) is 21.5. The minimum Gasteiger partial charge on any atom is -0.481 e. The van der Waals surface area contributed by atoms with E-state index >= 15 is 0 Å². The Bertz CT molecular complexity index is 1100. The molecule has 0 fully saturated rings. The van der Waals surface area contributed by atoms with Gasteiger partial charge < -0.3 is 24.4 Å². The Morgan fingerprint density at radius 2 is 0.671 bits per heavy atom. The quantitative estimate of drug-likeness (QED) is 0.0473. The van der Waals surface area contributed by atoms with Gasteiger partial charge in [0, 0.05) is 38.3 Å². The first kappa shape index (κ1) is 67.8. The Morgan fingerprint density at radius 3 is 1.06 bits per heavy atom. The van der Waals surface area contributed by atoms with E-state index in [1.807, 2.05) is 0 Å². The molecule has 70 heavy (non-hydrogen) atoms. The molecule has 0 aliphatic rings. The molecule has 0 aliphatic heterocycles. The lowest BCUT2D eigenvalue weighted by atomic mass is 9.97. The molecule has 1 N–H and O–H groups in total. The highest BCUT2D eigenvalue weighted by atomic mass is 16.5. The molecule has 0 spiro atoms. The number of rotatable bonds is 55. The lowest BCUT2D eigenvalue weighted by Crippen LogP contribution is -2.42. The highest BCUT2D eigenvalue weighted by Crippen LogP contribution is 2.23. The molecule has 0 aliphatic carbocycles. The Morgan fingerprint density at radius 1 is 0.357 bits per heavy atom. The summed E-state index contributed by atoms with van der Waals surface area (Å²) >= 11 is 0. The molecule has 9 nitrogen and oxygen atoms in total. The molecule has 0 atom stereocenters. The van der Waals surface area contributed by atoms with E-state index in [-0.39, 0.29) is 36.6 Å². The van der Waals surface area contributed by atoms with Crippen molar-refractivity contribution in [1.82, 2.24) is 9.80 Å². The smallest absolute Gasteiger partial charge is 0.306 e. The van der Waals surface area contributed by atoms with Crippen molar-refractivity contribution in [2.75, 3.05) is 26.7 Å². The van der Waals surface area contributed by atoms with Crippen molar-refractivity contribution >= 4 is 23.8 Å². The number of nitrogens with zero attached hydrogens (tertiary/aromatic N) is 2. The molecule has 414 valence electrons. The lowest BCUT2D eigenvalue weighted by molar-refractivity contribution is -0.151. The molecule has 0 rings (SSSR count). The summed E-state index contributed by atoms with van der Waals surface area (Å²) in [4.78, 5) is 55.4. The predicted molar refractivity (Wildman–Crippen MR) is 297 cm³/mol. The van der Waals surface area contributed by atoms with Gasteiger partial charge in [0.1, 0.15) is 12.2 Å². The molecular formula is C61H118N2O7. The van der Waals surface area contributed by atoms with Gasteiger partial charge in [-0.2, -0.15) is 0 Å². The van der Waals surface area contributed by atoms with Gasteiger partial charge in [-0.3, -0.25) is 19.2 Å². The largest absolute Gasteiger partial charge is 0.481 e. The van der Waals surface area contributed by atoms with Crippen molar-refractivity contribution in [1.29, 1.82) is 0 Å². The fraction of sp³-hybridized carbons (Fsp3) is 0.934. The maximum Gasteiger partial charge on any atom is 0.306 e. The fourth-order valence-electron chi connectivity index (χ4n) is 10.0. The molecule has 0 saturated carbocycles. The normalized spacial score (nSPS) is 11.7. The number of aliphatic carboxylic acids is 1. The van der Waals surface area contributed by atoms with E-state index < -0.39 is 5.97 Å². The van der Waals surface area contributed by atoms with E-state index in [4.69, 9.17) is 14.6 Å². The average Bonchev–Trinajstić information content (AvgIpc) is 3.33. The number of hydrogen-bond donors (Lipinski definition) is 1. The third kappa shape index (κ3) is 44.5. The standard InChI is InChI=1S/C61H118N2O7/c1-7-12-17-26-37-48-58(64)63(54-41-53-62(6)52-40-49-59(65)66)55(42-31-27-22-24-29-38-50-60(67)69-56(44-33-18-13-8-2)45-34-19-14-9-3)43-32-28-23-25-30-39-51-61(68)70-57(46-35-20-15-10-4)47-36-21-16-11-5/h55-57H,7-54H2,1-6H3,(H,65,66). The van der Waals surface area contributed by atoms with Crippen LogP contribution in [0.15, 0.2) is 0 Å². The van der Waals surface area contributed by atoms with Crippen molar-refractivity contribution in [2.24, 2.45) is 0 Å². The first-order valence-electron chi connectivity index (χ1n) is 30.7. The van der Waals surface area contributed by atoms with Gasteiger partial charge in [-0.25, -0.2) is 0 Å². The topological polar surface area (TPSA) is 113 Å². The zero-order chi connectivity index (χ0) is 51.6. The molecule has 0 radical (unpaired) electrons. The van der Waals surface area contributed by atoms with Crippen molar-refractivity contribution in [2.45, 2.75) is 342 Å². The summed E-state index contributed by atoms with van der Waals surface area (Å²) < 4.78 is 12.1. The van der Waals surface area contributed by atoms with Gasteiger partial charge in [0.25, 0.3) is 0 Å². The SMILES string of the molecule is CCCCCCCC(=O)N(CCCN(C)CCCC(=O)O)C(CCCCCCCCC(=O)OC(CCCCCC)CCCCCC)CCCCCCCCC(=O)OC(CCCCCC)CCCCCC. The van der Waals surface area contributed by atoms with Crippen LogP contribution < -0.4 is 0 Å². The Hall–Kier alpha value is -2.16. The van der Waals surface area contributed by atoms with Crippen LogP contribution in [0.3, 0.4) is 0 Å². The Kier molecular flexibility index (Phi) is 50.1. The van der Waals surface area contributed by atoms with E-state index in [1.54, 1.807) is 0 Å². The molecule has 1 amide bonds. The number of carboxylic acids is 1. The van der Waals surface area contributed by atoms with Crippen molar-refractivity contribution in [3.63, 3.8) is 0 Å². The number of unbranched alkanes of at least 4 members (excludes halogenated alkanes) is 26. The van der Waals surface area contributed by atoms with E-state index in [2.05, 4.69) is 51.5 Å². The summed E-state index contributed by atoms with van der Waals surface area (Å²) in [5.41, 5.74) is 0. The number of carbonyl (C=O) groups is 4. The van der Waals surface area contributed by atoms with E-state index in [1.165, 1.54) is 96.3 Å². The van der Waals surface area contributed by atoms with Gasteiger partial charge in [-0.05, 0) is 116 Å². The van der Waals surface area contributed by atoms with Crippen LogP contribution in [-0.2, 0) is 28.7 Å². The maximum absolute atomic E-state index is 14.1. The number of hydrogen-bond acceptors (Lipinski definition) is 7. The van der Waals surface area contributed by atoms with E-state index in [0.29, 0.717) is 31.6 Å². The predicted octanol–water partition coefficient (Wildman–Crippen LogP) is 17.7. The zero-order valence-corrected chi connectivity index (χ0v) is 47.5. The van der Waals surface area contributed by atoms with Crippen molar-refractivity contribution in [3.05, 3.63) is 0 Å². The highest BCUT2D eigenvalue weighted by molar-refractivity contribution is 5.76. The average molecular weight is 992 g/mol. The van der Waals surface area contributed by atoms with Gasteiger partial charge in [0.15, 0.2) is 0 Å². The Labute approximate surface area is 434 Å². The van der Waals surface area contributed by atoms with Crippen LogP contribution in [0.4, 0.5) is 0 Å². The van der Waals surface area contributed by atoms with Gasteiger partial charge in [0.05, 0.1) is 0 Å². The van der Waals surface area contributed by atoms with Crippen LogP contribution in [0.2, 0.25) is 0 Å². The summed E-state index contributed by atoms with van der Waals surface area (Å²) in [5, 5.41) is 9.13. The summed E-state index contributed by atoms with van der Waals surface area (Å²) in [6, 6.07) is 0.235. The zero-order valence-electron chi connectivity index (χ0n) is 47.5. The Balaban J connectivity index is 5.32. The van der Waals surface area contributed by atoms with Crippen LogP contribution in [0.1, 0.15) is 324 Å². The van der Waals surface area contributed by atoms with Crippen LogP contribution in [0, 0.1) is 0 Å². The lowest BCUT2D eigenvalue weighted by Gasteiger charge is -2.33. The molecule has 0 aromatic rings. The monoisotopic (exact) mass is 991 g/mol. The number of carboxylic acid groups (broad SMARTS) is 1. The van der Waals surface area contributed by atoms with Gasteiger partial charge in [-0.15, -0.1) is 0 Å². The number of ether oxygens (including phenoxy) is 2. The second kappa shape index (κ2) is 51.7. The van der Waals surface area contributed by atoms with E-state index in [9.17, 15) is 19.2 Å². The first-order chi connectivity index (χ1) is 34.1. The fourth-order valence-corrected chi connectivity index (χ4v) is 10.0. The molecule has 0 heterocycles. The van der Waals surface area contributed by atoms with Crippen LogP contribution in [0.5, 0.6) is 0 Å². The summed E-state index contributed by atoms with van der Waals surface area (Å²) in [6.45, 7) is 13.5. The minimum absolute atomic E-state index is 0.00889. The maximum atomic E-state index is 14.1. The molecule has 0 aromatic heterocycles. The number of amides is 1. The van der Waals surface area contributed by atoms with Gasteiger partial charge in [0.2, 0.25) is 5.91 Å². The molecule has 0 unspecified atom stereocenters. The molecule has 0 bridgehead atoms. The number of carbonyl (C=O) groups excluding carboxylic acids is 3. The third-order valence-corrected chi connectivity index (χ3v) is 14.6. The third-order valence-electron chi connectivity index (χ3n) is 14.6. The van der Waals surface area contributed by atoms with Gasteiger partial charge in [-0.1, -0.05) is 202 Å². The molecule has 9 heteroatoms. The highest BCUT2D eigenvalue weighted by Gasteiger charge is 2.23. The summed E-state index contributed by atoms with van der Waals surface area (Å²) in [5.74, 6) is -0.458. The molecule has 0 saturated heterocycles. The first-order valence-corrected chi connectivity index (χ1v) is 30.7. The van der Waals surface area contributed by atoms with E-state index in [0.717, 1.165) is 180 Å². The molecular weight excluding hydrogens is 873 g/mol.